The van der Waals surface area contributed by atoms with Gasteiger partial charge >= 0.3 is 5.97 Å². The number of phenolic OH excluding ortho intramolecular Hbond substituents is 2. The Labute approximate surface area is 202 Å². The minimum Gasteiger partial charge on any atom is -0.504 e. The molecule has 1 atom stereocenters. The van der Waals surface area contributed by atoms with Crippen LogP contribution in [-0.2, 0) is 4.79 Å². The predicted molar refractivity (Wildman–Crippen MR) is 138 cm³/mol. The molecule has 1 unspecified atom stereocenters. The molecule has 0 heterocycles. The average molecular weight is 461 g/mol. The van der Waals surface area contributed by atoms with E-state index in [2.05, 4.69) is 13.5 Å². The molecule has 0 aliphatic heterocycles. The van der Waals surface area contributed by atoms with Gasteiger partial charge in [-0.3, -0.25) is 0 Å². The van der Waals surface area contributed by atoms with E-state index in [1.54, 1.807) is 6.07 Å². The molecule has 4 heteroatoms. The average Bonchev–Trinajstić information content (AvgIpc) is 2.80. The monoisotopic (exact) mass is 460 g/mol. The summed E-state index contributed by atoms with van der Waals surface area (Å²) < 4.78 is 0. The molecule has 0 amide bonds. The van der Waals surface area contributed by atoms with Crippen LogP contribution in [0.5, 0.6) is 11.5 Å². The van der Waals surface area contributed by atoms with Crippen LogP contribution in [0.2, 0.25) is 0 Å². The molecule has 1 rings (SSSR count). The van der Waals surface area contributed by atoms with Crippen molar-refractivity contribution < 1.29 is 20.1 Å². The topological polar surface area (TPSA) is 77.8 Å². The standard InChI is InChI=1S/C29H48O4/c1-3-4-5-6-7-8-9-10-11-12-13-14-15-16-17-18-25(20-19-24(2)29(32)33)26-21-22-27(30)28(31)23-26/h21-23,25,30-31H,2-20H2,1H3,(H,32,33). The van der Waals surface area contributed by atoms with Crippen molar-refractivity contribution >= 4 is 5.97 Å². The Kier molecular flexibility index (Phi) is 16.3. The number of hydrogen-bond acceptors (Lipinski definition) is 3. The zero-order chi connectivity index (χ0) is 24.3. The van der Waals surface area contributed by atoms with E-state index >= 15 is 0 Å². The summed E-state index contributed by atoms with van der Waals surface area (Å²) in [6.45, 7) is 5.91. The molecule has 0 saturated carbocycles. The molecule has 0 bridgehead atoms. The van der Waals surface area contributed by atoms with Gasteiger partial charge in [0, 0.05) is 5.57 Å². The second-order valence-corrected chi connectivity index (χ2v) is 9.63. The fraction of sp³-hybridized carbons (Fsp3) is 0.690. The third kappa shape index (κ3) is 14.0. The van der Waals surface area contributed by atoms with E-state index in [1.165, 1.54) is 96.0 Å². The third-order valence-electron chi connectivity index (χ3n) is 6.72. The first-order valence-electron chi connectivity index (χ1n) is 13.4. The highest BCUT2D eigenvalue weighted by molar-refractivity contribution is 5.85. The van der Waals surface area contributed by atoms with E-state index in [0.717, 1.165) is 18.4 Å². The SMILES string of the molecule is C=C(CCC(CCCCCCCCCCCCCCCCC)c1ccc(O)c(O)c1)C(=O)O. The first-order valence-corrected chi connectivity index (χ1v) is 13.4. The van der Waals surface area contributed by atoms with Crippen molar-refractivity contribution in [1.82, 2.24) is 0 Å². The molecule has 0 aromatic heterocycles. The van der Waals surface area contributed by atoms with E-state index in [-0.39, 0.29) is 23.0 Å². The molecule has 1 aromatic rings. The molecule has 4 nitrogen and oxygen atoms in total. The maximum atomic E-state index is 11.1. The molecule has 1 aromatic carbocycles. The van der Waals surface area contributed by atoms with E-state index in [1.807, 2.05) is 6.07 Å². The molecule has 0 spiro atoms. The molecular formula is C29H48O4. The van der Waals surface area contributed by atoms with Gasteiger partial charge in [0.2, 0.25) is 0 Å². The maximum absolute atomic E-state index is 11.1. The highest BCUT2D eigenvalue weighted by Crippen LogP contribution is 2.34. The first-order chi connectivity index (χ1) is 16.0. The van der Waals surface area contributed by atoms with Crippen LogP contribution in [0.1, 0.15) is 134 Å². The van der Waals surface area contributed by atoms with E-state index in [4.69, 9.17) is 5.11 Å². The van der Waals surface area contributed by atoms with Gasteiger partial charge in [-0.25, -0.2) is 4.79 Å². The van der Waals surface area contributed by atoms with Crippen LogP contribution in [0.4, 0.5) is 0 Å². The highest BCUT2D eigenvalue weighted by Gasteiger charge is 2.15. The van der Waals surface area contributed by atoms with Gasteiger partial charge in [0.1, 0.15) is 0 Å². The molecule has 0 aliphatic rings. The predicted octanol–water partition coefficient (Wildman–Crippen LogP) is 8.86. The number of carbonyl (C=O) groups is 1. The van der Waals surface area contributed by atoms with Crippen LogP contribution in [0.25, 0.3) is 0 Å². The van der Waals surface area contributed by atoms with Crippen molar-refractivity contribution in [2.45, 2.75) is 128 Å². The molecular weight excluding hydrogens is 412 g/mol. The number of carboxylic acid groups (broad SMARTS) is 1. The summed E-state index contributed by atoms with van der Waals surface area (Å²) in [5.41, 5.74) is 1.17. The summed E-state index contributed by atoms with van der Waals surface area (Å²) in [7, 11) is 0. The summed E-state index contributed by atoms with van der Waals surface area (Å²) >= 11 is 0. The van der Waals surface area contributed by atoms with Gasteiger partial charge < -0.3 is 15.3 Å². The molecule has 0 radical (unpaired) electrons. The number of aromatic hydroxyl groups is 2. The second kappa shape index (κ2) is 18.5. The molecule has 0 fully saturated rings. The van der Waals surface area contributed by atoms with Gasteiger partial charge in [-0.15, -0.1) is 0 Å². The first kappa shape index (κ1) is 29.1. The van der Waals surface area contributed by atoms with Gasteiger partial charge in [0.25, 0.3) is 0 Å². The molecule has 3 N–H and O–H groups in total. The summed E-state index contributed by atoms with van der Waals surface area (Å²) in [4.78, 5) is 11.1. The number of benzene rings is 1. The summed E-state index contributed by atoms with van der Waals surface area (Å²) in [5, 5.41) is 28.5. The maximum Gasteiger partial charge on any atom is 0.330 e. The minimum absolute atomic E-state index is 0.119. The normalized spacial score (nSPS) is 12.0. The molecule has 0 saturated heterocycles. The van der Waals surface area contributed by atoms with Crippen molar-refractivity contribution in [3.63, 3.8) is 0 Å². The largest absolute Gasteiger partial charge is 0.504 e. The van der Waals surface area contributed by atoms with Gasteiger partial charge in [0.15, 0.2) is 11.5 Å². The summed E-state index contributed by atoms with van der Waals surface area (Å²) in [6.07, 6.45) is 22.1. The number of unbranched alkanes of at least 4 members (excludes halogenated alkanes) is 14. The Morgan fingerprint density at radius 1 is 0.758 bits per heavy atom. The second-order valence-electron chi connectivity index (χ2n) is 9.63. The third-order valence-corrected chi connectivity index (χ3v) is 6.72. The van der Waals surface area contributed by atoms with E-state index in [0.29, 0.717) is 12.8 Å². The fourth-order valence-corrected chi connectivity index (χ4v) is 4.49. The van der Waals surface area contributed by atoms with Crippen LogP contribution in [0.15, 0.2) is 30.4 Å². The minimum atomic E-state index is -0.950. The van der Waals surface area contributed by atoms with Crippen molar-refractivity contribution in [2.75, 3.05) is 0 Å². The Bertz CT molecular complexity index is 668. The van der Waals surface area contributed by atoms with Crippen LogP contribution < -0.4 is 0 Å². The summed E-state index contributed by atoms with van der Waals surface area (Å²) in [6, 6.07) is 4.94. The quantitative estimate of drug-likeness (QED) is 0.0972. The lowest BCUT2D eigenvalue weighted by Gasteiger charge is -2.18. The van der Waals surface area contributed by atoms with E-state index < -0.39 is 5.97 Å². The lowest BCUT2D eigenvalue weighted by Crippen LogP contribution is -2.04. The Morgan fingerprint density at radius 2 is 1.24 bits per heavy atom. The lowest BCUT2D eigenvalue weighted by molar-refractivity contribution is -0.132. The fourth-order valence-electron chi connectivity index (χ4n) is 4.49. The number of phenols is 2. The Hall–Kier alpha value is -1.97. The summed E-state index contributed by atoms with van der Waals surface area (Å²) in [5.74, 6) is -1.03. The Morgan fingerprint density at radius 3 is 1.70 bits per heavy atom. The van der Waals surface area contributed by atoms with Crippen LogP contribution in [0, 0.1) is 0 Å². The highest BCUT2D eigenvalue weighted by atomic mass is 16.4. The number of hydrogen-bond donors (Lipinski definition) is 3. The molecule has 188 valence electrons. The van der Waals surface area contributed by atoms with Crippen molar-refractivity contribution in [2.24, 2.45) is 0 Å². The smallest absolute Gasteiger partial charge is 0.330 e. The number of rotatable bonds is 21. The zero-order valence-corrected chi connectivity index (χ0v) is 21.0. The number of aliphatic carboxylic acids is 1. The zero-order valence-electron chi connectivity index (χ0n) is 21.0. The van der Waals surface area contributed by atoms with E-state index in [9.17, 15) is 15.0 Å². The van der Waals surface area contributed by atoms with Gasteiger partial charge in [0.05, 0.1) is 0 Å². The lowest BCUT2D eigenvalue weighted by atomic mass is 9.87. The van der Waals surface area contributed by atoms with Crippen molar-refractivity contribution in [3.05, 3.63) is 35.9 Å². The van der Waals surface area contributed by atoms with Gasteiger partial charge in [-0.05, 0) is 42.9 Å². The molecule has 0 aliphatic carbocycles. The van der Waals surface area contributed by atoms with Gasteiger partial charge in [-0.2, -0.15) is 0 Å². The van der Waals surface area contributed by atoms with Crippen molar-refractivity contribution in [3.8, 4) is 11.5 Å². The van der Waals surface area contributed by atoms with Crippen molar-refractivity contribution in [1.29, 1.82) is 0 Å². The van der Waals surface area contributed by atoms with Gasteiger partial charge in [-0.1, -0.05) is 116 Å². The Balaban J connectivity index is 2.18. The molecule has 33 heavy (non-hydrogen) atoms. The van der Waals surface area contributed by atoms with Crippen LogP contribution in [-0.4, -0.2) is 21.3 Å². The van der Waals surface area contributed by atoms with Crippen LogP contribution in [0.3, 0.4) is 0 Å². The van der Waals surface area contributed by atoms with Crippen LogP contribution >= 0.6 is 0 Å². The number of carboxylic acids is 1.